The van der Waals surface area contributed by atoms with Gasteiger partial charge >= 0.3 is 6.09 Å². The van der Waals surface area contributed by atoms with Crippen LogP contribution in [0.2, 0.25) is 0 Å². The van der Waals surface area contributed by atoms with E-state index in [4.69, 9.17) is 9.73 Å². The van der Waals surface area contributed by atoms with E-state index in [0.717, 1.165) is 28.8 Å². The van der Waals surface area contributed by atoms with Crippen molar-refractivity contribution in [1.29, 1.82) is 0 Å². The van der Waals surface area contributed by atoms with Gasteiger partial charge in [-0.3, -0.25) is 4.99 Å². The third kappa shape index (κ3) is 8.02. The van der Waals surface area contributed by atoms with Crippen molar-refractivity contribution in [3.63, 3.8) is 0 Å². The highest BCUT2D eigenvalue weighted by Crippen LogP contribution is 2.16. The molecular formula is C22H33N5O2S. The fourth-order valence-corrected chi connectivity index (χ4v) is 3.42. The van der Waals surface area contributed by atoms with Crippen molar-refractivity contribution in [2.24, 2.45) is 4.99 Å². The molecule has 30 heavy (non-hydrogen) atoms. The van der Waals surface area contributed by atoms with Crippen LogP contribution in [-0.4, -0.2) is 47.7 Å². The number of hydrogen-bond donors (Lipinski definition) is 2. The van der Waals surface area contributed by atoms with E-state index in [-0.39, 0.29) is 6.04 Å². The summed E-state index contributed by atoms with van der Waals surface area (Å²) in [6, 6.07) is 9.50. The minimum absolute atomic E-state index is 0.301. The third-order valence-corrected chi connectivity index (χ3v) is 4.90. The maximum absolute atomic E-state index is 12.4. The van der Waals surface area contributed by atoms with E-state index < -0.39 is 11.7 Å². The summed E-state index contributed by atoms with van der Waals surface area (Å²) >= 11 is 1.64. The van der Waals surface area contributed by atoms with Crippen molar-refractivity contribution in [1.82, 2.24) is 20.5 Å². The van der Waals surface area contributed by atoms with Crippen LogP contribution in [0.5, 0.6) is 0 Å². The molecular weight excluding hydrogens is 398 g/mol. The monoisotopic (exact) mass is 431 g/mol. The molecule has 0 saturated carbocycles. The molecule has 2 N–H and O–H groups in total. The van der Waals surface area contributed by atoms with Gasteiger partial charge in [0.15, 0.2) is 5.96 Å². The second kappa shape index (κ2) is 11.0. The lowest BCUT2D eigenvalue weighted by molar-refractivity contribution is 0.0505. The van der Waals surface area contributed by atoms with Crippen LogP contribution in [0.3, 0.4) is 0 Å². The van der Waals surface area contributed by atoms with Crippen molar-refractivity contribution < 1.29 is 9.53 Å². The van der Waals surface area contributed by atoms with E-state index >= 15 is 0 Å². The van der Waals surface area contributed by atoms with Gasteiger partial charge in [-0.15, -0.1) is 11.3 Å². The number of carbonyl (C=O) groups is 1. The van der Waals surface area contributed by atoms with Gasteiger partial charge in [0.05, 0.1) is 29.8 Å². The first-order valence-corrected chi connectivity index (χ1v) is 11.0. The van der Waals surface area contributed by atoms with Crippen molar-refractivity contribution in [2.75, 3.05) is 20.1 Å². The molecule has 1 amide bonds. The topological polar surface area (TPSA) is 78.8 Å². The van der Waals surface area contributed by atoms with Gasteiger partial charge in [-0.1, -0.05) is 30.3 Å². The number of alkyl carbamates (subject to hydrolysis) is 1. The fraction of sp³-hybridized carbons (Fsp3) is 0.500. The molecule has 1 aromatic heterocycles. The zero-order valence-electron chi connectivity index (χ0n) is 18.7. The predicted molar refractivity (Wildman–Crippen MR) is 123 cm³/mol. The number of benzene rings is 1. The van der Waals surface area contributed by atoms with E-state index in [1.165, 1.54) is 0 Å². The second-order valence-corrected chi connectivity index (χ2v) is 9.08. The Balaban J connectivity index is 2.15. The highest BCUT2D eigenvalue weighted by molar-refractivity contribution is 7.09. The normalized spacial score (nSPS) is 12.9. The predicted octanol–water partition coefficient (Wildman–Crippen LogP) is 4.11. The molecule has 0 saturated heterocycles. The summed E-state index contributed by atoms with van der Waals surface area (Å²) in [4.78, 5) is 23.7. The number of nitrogens with one attached hydrogen (secondary N) is 2. The first-order chi connectivity index (χ1) is 14.2. The van der Waals surface area contributed by atoms with Gasteiger partial charge in [0, 0.05) is 19.0 Å². The summed E-state index contributed by atoms with van der Waals surface area (Å²) < 4.78 is 5.44. The molecule has 0 aliphatic heterocycles. The molecule has 1 heterocycles. The van der Waals surface area contributed by atoms with Gasteiger partial charge in [-0.2, -0.15) is 0 Å². The molecule has 1 atom stereocenters. The fourth-order valence-electron chi connectivity index (χ4n) is 2.82. The molecule has 0 aliphatic carbocycles. The first-order valence-electron chi connectivity index (χ1n) is 10.1. The number of nitrogens with zero attached hydrogens (tertiary/aromatic N) is 3. The van der Waals surface area contributed by atoms with Gasteiger partial charge in [0.1, 0.15) is 5.60 Å². The minimum Gasteiger partial charge on any atom is -0.444 e. The highest BCUT2D eigenvalue weighted by Gasteiger charge is 2.21. The molecule has 164 valence electrons. The number of hydrogen-bond acceptors (Lipinski definition) is 5. The van der Waals surface area contributed by atoms with Gasteiger partial charge in [-0.25, -0.2) is 9.78 Å². The van der Waals surface area contributed by atoms with Crippen LogP contribution in [-0.2, 0) is 11.3 Å². The standard InChI is InChI=1S/C22H33N5O2S/c1-7-23-20(27(6)14-18-15-30-16(2)25-18)24-13-19(17-11-9-8-10-12-17)26-21(28)29-22(3,4)5/h8-12,15,19H,7,13-14H2,1-6H3,(H,23,24)(H,26,28). The Hall–Kier alpha value is -2.61. The van der Waals surface area contributed by atoms with Crippen LogP contribution in [0.1, 0.15) is 50.0 Å². The maximum Gasteiger partial charge on any atom is 0.408 e. The number of rotatable bonds is 7. The van der Waals surface area contributed by atoms with E-state index in [2.05, 4.69) is 21.0 Å². The van der Waals surface area contributed by atoms with Crippen molar-refractivity contribution in [3.05, 3.63) is 52.0 Å². The third-order valence-electron chi connectivity index (χ3n) is 4.08. The van der Waals surface area contributed by atoms with Crippen LogP contribution in [0, 0.1) is 6.92 Å². The molecule has 2 aromatic rings. The number of aromatic nitrogens is 1. The number of aliphatic imine (C=N–C) groups is 1. The summed E-state index contributed by atoms with van der Waals surface area (Å²) in [7, 11) is 1.98. The lowest BCUT2D eigenvalue weighted by Gasteiger charge is -2.25. The lowest BCUT2D eigenvalue weighted by Crippen LogP contribution is -2.40. The average Bonchev–Trinajstić information content (AvgIpc) is 3.07. The smallest absolute Gasteiger partial charge is 0.408 e. The Kier molecular flexibility index (Phi) is 8.65. The maximum atomic E-state index is 12.4. The van der Waals surface area contributed by atoms with Gasteiger partial charge in [0.25, 0.3) is 0 Å². The van der Waals surface area contributed by atoms with Crippen LogP contribution >= 0.6 is 11.3 Å². The Morgan fingerprint density at radius 2 is 2.00 bits per heavy atom. The number of aryl methyl sites for hydroxylation is 1. The number of thiazole rings is 1. The van der Waals surface area contributed by atoms with E-state index in [9.17, 15) is 4.79 Å². The number of amides is 1. The second-order valence-electron chi connectivity index (χ2n) is 8.02. The number of ether oxygens (including phenoxy) is 1. The molecule has 0 radical (unpaired) electrons. The van der Waals surface area contributed by atoms with Gasteiger partial charge in [0.2, 0.25) is 0 Å². The molecule has 2 rings (SSSR count). The molecule has 1 aromatic carbocycles. The van der Waals surface area contributed by atoms with Crippen molar-refractivity contribution in [2.45, 2.75) is 52.8 Å². The lowest BCUT2D eigenvalue weighted by atomic mass is 10.1. The van der Waals surface area contributed by atoms with Crippen LogP contribution < -0.4 is 10.6 Å². The zero-order valence-corrected chi connectivity index (χ0v) is 19.5. The summed E-state index contributed by atoms with van der Waals surface area (Å²) in [6.45, 7) is 11.4. The van der Waals surface area contributed by atoms with E-state index in [1.54, 1.807) is 11.3 Å². The molecule has 7 nitrogen and oxygen atoms in total. The summed E-state index contributed by atoms with van der Waals surface area (Å²) in [5.74, 6) is 0.759. The van der Waals surface area contributed by atoms with Crippen molar-refractivity contribution >= 4 is 23.4 Å². The Morgan fingerprint density at radius 3 is 2.57 bits per heavy atom. The summed E-state index contributed by atoms with van der Waals surface area (Å²) in [6.07, 6.45) is -0.456. The number of guanidine groups is 1. The van der Waals surface area contributed by atoms with E-state index in [1.807, 2.05) is 76.9 Å². The van der Waals surface area contributed by atoms with Gasteiger partial charge < -0.3 is 20.3 Å². The molecule has 8 heteroatoms. The van der Waals surface area contributed by atoms with Crippen LogP contribution in [0.4, 0.5) is 4.79 Å². The average molecular weight is 432 g/mol. The largest absolute Gasteiger partial charge is 0.444 e. The Labute approximate surface area is 183 Å². The number of carbonyl (C=O) groups excluding carboxylic acids is 1. The summed E-state index contributed by atoms with van der Waals surface area (Å²) in [5.41, 5.74) is 1.42. The zero-order chi connectivity index (χ0) is 22.1. The first kappa shape index (κ1) is 23.7. The molecule has 0 aliphatic rings. The molecule has 0 spiro atoms. The van der Waals surface area contributed by atoms with E-state index in [0.29, 0.717) is 13.1 Å². The Morgan fingerprint density at radius 1 is 1.30 bits per heavy atom. The van der Waals surface area contributed by atoms with Crippen LogP contribution in [0.15, 0.2) is 40.7 Å². The van der Waals surface area contributed by atoms with Crippen molar-refractivity contribution in [3.8, 4) is 0 Å². The highest BCUT2D eigenvalue weighted by atomic mass is 32.1. The minimum atomic E-state index is -0.560. The Bertz CT molecular complexity index is 830. The molecule has 1 unspecified atom stereocenters. The SMILES string of the molecule is CCNC(=NCC(NC(=O)OC(C)(C)C)c1ccccc1)N(C)Cc1csc(C)n1. The molecule has 0 bridgehead atoms. The van der Waals surface area contributed by atoms with Gasteiger partial charge in [-0.05, 0) is 40.2 Å². The molecule has 0 fully saturated rings. The summed E-state index contributed by atoms with van der Waals surface area (Å²) in [5, 5.41) is 9.38. The quantitative estimate of drug-likeness (QED) is 0.509. The van der Waals surface area contributed by atoms with Crippen LogP contribution in [0.25, 0.3) is 0 Å².